The van der Waals surface area contributed by atoms with Crippen LogP contribution in [0.2, 0.25) is 0 Å². The molecule has 0 N–H and O–H groups in total. The number of benzene rings is 2. The van der Waals surface area contributed by atoms with E-state index in [0.29, 0.717) is 11.3 Å². The smallest absolute Gasteiger partial charge is 0.256 e. The van der Waals surface area contributed by atoms with Crippen LogP contribution in [0.5, 0.6) is 11.6 Å². The molecule has 0 aliphatic carbocycles. The van der Waals surface area contributed by atoms with E-state index in [-0.39, 0.29) is 17.4 Å². The molecule has 0 radical (unpaired) electrons. The highest BCUT2D eigenvalue weighted by molar-refractivity contribution is 5.98. The lowest BCUT2D eigenvalue weighted by Crippen LogP contribution is -1.94. The number of ketones is 1. The molecular weight excluding hydrogens is 278 g/mol. The number of rotatable bonds is 3. The zero-order chi connectivity index (χ0) is 15.5. The second-order valence-electron chi connectivity index (χ2n) is 4.70. The zero-order valence-electron chi connectivity index (χ0n) is 11.8. The minimum absolute atomic E-state index is 0.0282. The minimum atomic E-state index is 0.0282. The Balaban J connectivity index is 1.97. The fourth-order valence-corrected chi connectivity index (χ4v) is 2.09. The van der Waals surface area contributed by atoms with Crippen molar-refractivity contribution in [3.05, 3.63) is 60.0 Å². The molecule has 0 unspecified atom stereocenters. The predicted octanol–water partition coefficient (Wildman–Crippen LogP) is 3.50. The fourth-order valence-electron chi connectivity index (χ4n) is 2.09. The number of Topliss-reactive ketones (excluding diaryl/α,β-unsaturated/α-hetero) is 1. The molecule has 0 fully saturated rings. The van der Waals surface area contributed by atoms with E-state index in [9.17, 15) is 4.79 Å². The van der Waals surface area contributed by atoms with Crippen molar-refractivity contribution in [3.8, 4) is 17.7 Å². The van der Waals surface area contributed by atoms with Crippen molar-refractivity contribution in [1.82, 2.24) is 9.97 Å². The monoisotopic (exact) mass is 289 g/mol. The van der Waals surface area contributed by atoms with Gasteiger partial charge in [0.05, 0.1) is 0 Å². The molecule has 2 aromatic carbocycles. The second kappa shape index (κ2) is 5.62. The van der Waals surface area contributed by atoms with Crippen LogP contribution >= 0.6 is 0 Å². The number of fused-ring (bicyclic) bond motifs is 1. The number of carbonyl (C=O) groups excluding carboxylic acids is 1. The molecule has 0 atom stereocenters. The maximum atomic E-state index is 11.4. The van der Waals surface area contributed by atoms with Gasteiger partial charge in [0.15, 0.2) is 5.78 Å². The topological polar surface area (TPSA) is 75.9 Å². The van der Waals surface area contributed by atoms with Crippen LogP contribution in [-0.2, 0) is 0 Å². The summed E-state index contributed by atoms with van der Waals surface area (Å²) < 4.78 is 5.62. The summed E-state index contributed by atoms with van der Waals surface area (Å²) in [6, 6.07) is 12.9. The number of hydrogen-bond donors (Lipinski definition) is 0. The van der Waals surface area contributed by atoms with Gasteiger partial charge in [-0.2, -0.15) is 5.26 Å². The summed E-state index contributed by atoms with van der Waals surface area (Å²) in [5.74, 6) is 0.755. The van der Waals surface area contributed by atoms with Gasteiger partial charge in [-0.05, 0) is 35.9 Å². The van der Waals surface area contributed by atoms with Crippen molar-refractivity contribution >= 4 is 16.6 Å². The molecule has 3 rings (SSSR count). The number of ether oxygens (including phenoxy) is 1. The lowest BCUT2D eigenvalue weighted by molar-refractivity contribution is 0.101. The number of nitrogens with zero attached hydrogens (tertiary/aromatic N) is 3. The van der Waals surface area contributed by atoms with Crippen LogP contribution < -0.4 is 4.74 Å². The minimum Gasteiger partial charge on any atom is -0.436 e. The Labute approximate surface area is 126 Å². The quantitative estimate of drug-likeness (QED) is 0.690. The molecular formula is C17H11N3O2. The molecule has 0 spiro atoms. The number of hydrogen-bond acceptors (Lipinski definition) is 5. The van der Waals surface area contributed by atoms with Crippen LogP contribution in [0.4, 0.5) is 0 Å². The predicted molar refractivity (Wildman–Crippen MR) is 80.8 cm³/mol. The maximum absolute atomic E-state index is 11.4. The molecule has 0 bridgehead atoms. The fraction of sp³-hybridized carbons (Fsp3) is 0.0588. The largest absolute Gasteiger partial charge is 0.436 e. The van der Waals surface area contributed by atoms with E-state index in [1.165, 1.54) is 19.3 Å². The van der Waals surface area contributed by atoms with Gasteiger partial charge < -0.3 is 4.74 Å². The summed E-state index contributed by atoms with van der Waals surface area (Å²) in [5, 5.41) is 10.9. The number of carbonyl (C=O) groups is 1. The Kier molecular flexibility index (Phi) is 3.50. The van der Waals surface area contributed by atoms with Crippen molar-refractivity contribution in [1.29, 1.82) is 5.26 Å². The maximum Gasteiger partial charge on any atom is 0.256 e. The molecule has 3 aromatic rings. The molecule has 1 aromatic heterocycles. The standard InChI is InChI=1S/C17H11N3O2/c1-11(21)12-2-3-14-9-15(5-4-13(14)8-12)22-17-16(10-18)19-6-7-20-17/h2-9H,1H3. The van der Waals surface area contributed by atoms with Gasteiger partial charge in [-0.25, -0.2) is 9.97 Å². The van der Waals surface area contributed by atoms with Gasteiger partial charge in [0.1, 0.15) is 11.8 Å². The van der Waals surface area contributed by atoms with Crippen LogP contribution in [0.25, 0.3) is 10.8 Å². The molecule has 1 heterocycles. The van der Waals surface area contributed by atoms with Gasteiger partial charge in [0, 0.05) is 18.0 Å². The van der Waals surface area contributed by atoms with E-state index in [2.05, 4.69) is 9.97 Å². The van der Waals surface area contributed by atoms with Crippen molar-refractivity contribution in [2.24, 2.45) is 0 Å². The SMILES string of the molecule is CC(=O)c1ccc2cc(Oc3nccnc3C#N)ccc2c1. The first-order chi connectivity index (χ1) is 10.7. The van der Waals surface area contributed by atoms with Gasteiger partial charge in [-0.1, -0.05) is 18.2 Å². The average molecular weight is 289 g/mol. The van der Waals surface area contributed by atoms with Crippen molar-refractivity contribution in [2.45, 2.75) is 6.92 Å². The molecule has 0 saturated heterocycles. The zero-order valence-corrected chi connectivity index (χ0v) is 11.8. The summed E-state index contributed by atoms with van der Waals surface area (Å²) in [5.41, 5.74) is 0.802. The first-order valence-corrected chi connectivity index (χ1v) is 6.61. The summed E-state index contributed by atoms with van der Waals surface area (Å²) in [6.07, 6.45) is 2.91. The summed E-state index contributed by atoms with van der Waals surface area (Å²) in [7, 11) is 0. The summed E-state index contributed by atoms with van der Waals surface area (Å²) in [4.78, 5) is 19.3. The third kappa shape index (κ3) is 2.63. The Morgan fingerprint density at radius 3 is 2.59 bits per heavy atom. The van der Waals surface area contributed by atoms with E-state index in [0.717, 1.165) is 10.8 Å². The lowest BCUT2D eigenvalue weighted by Gasteiger charge is -2.07. The Hall–Kier alpha value is -3.26. The Bertz CT molecular complexity index is 913. The van der Waals surface area contributed by atoms with Crippen molar-refractivity contribution in [3.63, 3.8) is 0 Å². The normalized spacial score (nSPS) is 10.2. The molecule has 0 aliphatic rings. The highest BCUT2D eigenvalue weighted by Crippen LogP contribution is 2.26. The third-order valence-corrected chi connectivity index (χ3v) is 3.20. The van der Waals surface area contributed by atoms with E-state index < -0.39 is 0 Å². The highest BCUT2D eigenvalue weighted by atomic mass is 16.5. The summed E-state index contributed by atoms with van der Waals surface area (Å²) in [6.45, 7) is 1.54. The van der Waals surface area contributed by atoms with Crippen LogP contribution in [0.1, 0.15) is 23.0 Å². The molecule has 0 amide bonds. The third-order valence-electron chi connectivity index (χ3n) is 3.20. The molecule has 0 saturated carbocycles. The van der Waals surface area contributed by atoms with Gasteiger partial charge in [0.2, 0.25) is 5.69 Å². The molecule has 106 valence electrons. The van der Waals surface area contributed by atoms with Crippen molar-refractivity contribution in [2.75, 3.05) is 0 Å². The van der Waals surface area contributed by atoms with Gasteiger partial charge in [-0.3, -0.25) is 4.79 Å². The van der Waals surface area contributed by atoms with E-state index >= 15 is 0 Å². The molecule has 5 nitrogen and oxygen atoms in total. The molecule has 0 aliphatic heterocycles. The second-order valence-corrected chi connectivity index (χ2v) is 4.70. The average Bonchev–Trinajstić information content (AvgIpc) is 2.54. The lowest BCUT2D eigenvalue weighted by atomic mass is 10.0. The van der Waals surface area contributed by atoms with E-state index in [1.54, 1.807) is 12.1 Å². The molecule has 22 heavy (non-hydrogen) atoms. The van der Waals surface area contributed by atoms with Gasteiger partial charge in [0.25, 0.3) is 5.88 Å². The number of aromatic nitrogens is 2. The first-order valence-electron chi connectivity index (χ1n) is 6.61. The van der Waals surface area contributed by atoms with Crippen LogP contribution in [0.3, 0.4) is 0 Å². The van der Waals surface area contributed by atoms with Crippen LogP contribution in [0, 0.1) is 11.3 Å². The van der Waals surface area contributed by atoms with Crippen LogP contribution in [-0.4, -0.2) is 15.8 Å². The highest BCUT2D eigenvalue weighted by Gasteiger charge is 2.08. The molecule has 5 heteroatoms. The number of nitriles is 1. The van der Waals surface area contributed by atoms with Gasteiger partial charge in [-0.15, -0.1) is 0 Å². The van der Waals surface area contributed by atoms with Crippen molar-refractivity contribution < 1.29 is 9.53 Å². The van der Waals surface area contributed by atoms with E-state index in [4.69, 9.17) is 10.00 Å². The van der Waals surface area contributed by atoms with Crippen LogP contribution in [0.15, 0.2) is 48.8 Å². The van der Waals surface area contributed by atoms with Gasteiger partial charge >= 0.3 is 0 Å². The van der Waals surface area contributed by atoms with E-state index in [1.807, 2.05) is 30.3 Å². The summed E-state index contributed by atoms with van der Waals surface area (Å²) >= 11 is 0. The Morgan fingerprint density at radius 2 is 1.82 bits per heavy atom. The first kappa shape index (κ1) is 13.7. The Morgan fingerprint density at radius 1 is 1.09 bits per heavy atom.